The fourth-order valence-corrected chi connectivity index (χ4v) is 2.27. The average molecular weight is 294 g/mol. The maximum Gasteiger partial charge on any atom is 0.360 e. The van der Waals surface area contributed by atoms with Crippen molar-refractivity contribution < 1.29 is 9.53 Å². The first-order valence-corrected chi connectivity index (χ1v) is 6.67. The molecular formula is C14H16ClN3O2. The number of benzene rings is 1. The standard InChI is InChI=1S/C14H16ClN3O2/c1-9(2)13-12(14(19)20-3)16-17-18(13)8-10-5-4-6-11(15)7-10/h4-7,9H,8H2,1-3H3. The van der Waals surface area contributed by atoms with E-state index >= 15 is 0 Å². The summed E-state index contributed by atoms with van der Waals surface area (Å²) in [5.74, 6) is -0.357. The molecule has 0 amide bonds. The number of nitrogens with zero attached hydrogens (tertiary/aromatic N) is 3. The molecule has 0 unspecified atom stereocenters. The summed E-state index contributed by atoms with van der Waals surface area (Å²) in [5, 5.41) is 8.65. The zero-order chi connectivity index (χ0) is 14.7. The van der Waals surface area contributed by atoms with E-state index in [1.165, 1.54) is 7.11 Å². The molecule has 1 heterocycles. The van der Waals surface area contributed by atoms with Gasteiger partial charge in [-0.3, -0.25) is 0 Å². The van der Waals surface area contributed by atoms with Gasteiger partial charge >= 0.3 is 5.97 Å². The van der Waals surface area contributed by atoms with E-state index in [1.807, 2.05) is 38.1 Å². The van der Waals surface area contributed by atoms with Crippen molar-refractivity contribution in [1.82, 2.24) is 15.0 Å². The lowest BCUT2D eigenvalue weighted by atomic mass is 10.1. The number of ether oxygens (including phenoxy) is 1. The van der Waals surface area contributed by atoms with Crippen molar-refractivity contribution in [2.24, 2.45) is 0 Å². The zero-order valence-electron chi connectivity index (χ0n) is 11.6. The van der Waals surface area contributed by atoms with Crippen LogP contribution in [0.25, 0.3) is 0 Å². The van der Waals surface area contributed by atoms with Crippen LogP contribution in [0.3, 0.4) is 0 Å². The Morgan fingerprint density at radius 2 is 2.20 bits per heavy atom. The highest BCUT2D eigenvalue weighted by Crippen LogP contribution is 2.20. The van der Waals surface area contributed by atoms with Crippen LogP contribution in [-0.4, -0.2) is 28.1 Å². The van der Waals surface area contributed by atoms with Crippen LogP contribution in [0.1, 0.15) is 41.5 Å². The molecule has 2 aromatic rings. The van der Waals surface area contributed by atoms with Crippen molar-refractivity contribution in [1.29, 1.82) is 0 Å². The quantitative estimate of drug-likeness (QED) is 0.813. The van der Waals surface area contributed by atoms with Gasteiger partial charge in [0.2, 0.25) is 0 Å². The third-order valence-electron chi connectivity index (χ3n) is 2.92. The normalized spacial score (nSPS) is 10.8. The van der Waals surface area contributed by atoms with E-state index in [0.717, 1.165) is 11.3 Å². The summed E-state index contributed by atoms with van der Waals surface area (Å²) in [6, 6.07) is 7.52. The van der Waals surface area contributed by atoms with Crippen molar-refractivity contribution in [3.05, 3.63) is 46.2 Å². The molecule has 0 aliphatic carbocycles. The van der Waals surface area contributed by atoms with Gasteiger partial charge in [0.25, 0.3) is 0 Å². The van der Waals surface area contributed by atoms with E-state index in [9.17, 15) is 4.79 Å². The lowest BCUT2D eigenvalue weighted by Crippen LogP contribution is -2.11. The Morgan fingerprint density at radius 1 is 1.45 bits per heavy atom. The van der Waals surface area contributed by atoms with E-state index in [0.29, 0.717) is 11.6 Å². The fraction of sp³-hybridized carbons (Fsp3) is 0.357. The van der Waals surface area contributed by atoms with Crippen molar-refractivity contribution in [2.75, 3.05) is 7.11 Å². The van der Waals surface area contributed by atoms with Gasteiger partial charge in [-0.25, -0.2) is 9.48 Å². The van der Waals surface area contributed by atoms with Crippen LogP contribution in [0.15, 0.2) is 24.3 Å². The molecule has 0 saturated carbocycles. The molecule has 0 aliphatic heterocycles. The highest BCUT2D eigenvalue weighted by atomic mass is 35.5. The van der Waals surface area contributed by atoms with Crippen molar-refractivity contribution in [3.8, 4) is 0 Å². The third-order valence-corrected chi connectivity index (χ3v) is 3.16. The van der Waals surface area contributed by atoms with Crippen LogP contribution < -0.4 is 0 Å². The predicted molar refractivity (Wildman–Crippen MR) is 76.0 cm³/mol. The number of halogens is 1. The molecule has 0 bridgehead atoms. The van der Waals surface area contributed by atoms with Crippen LogP contribution in [0.2, 0.25) is 5.02 Å². The molecule has 1 aromatic heterocycles. The molecule has 0 saturated heterocycles. The summed E-state index contributed by atoms with van der Waals surface area (Å²) in [7, 11) is 1.34. The van der Waals surface area contributed by atoms with Gasteiger partial charge < -0.3 is 4.74 Å². The van der Waals surface area contributed by atoms with Crippen molar-refractivity contribution in [2.45, 2.75) is 26.3 Å². The summed E-state index contributed by atoms with van der Waals surface area (Å²) in [5.41, 5.74) is 2.03. The second-order valence-electron chi connectivity index (χ2n) is 4.76. The molecule has 20 heavy (non-hydrogen) atoms. The number of esters is 1. The zero-order valence-corrected chi connectivity index (χ0v) is 12.4. The Balaban J connectivity index is 2.37. The molecule has 6 heteroatoms. The van der Waals surface area contributed by atoms with Gasteiger partial charge in [-0.05, 0) is 23.6 Å². The first-order chi connectivity index (χ1) is 9.52. The Hall–Kier alpha value is -1.88. The topological polar surface area (TPSA) is 57.0 Å². The van der Waals surface area contributed by atoms with Gasteiger partial charge in [0.05, 0.1) is 19.3 Å². The number of aromatic nitrogens is 3. The molecule has 0 radical (unpaired) electrons. The van der Waals surface area contributed by atoms with Gasteiger partial charge in [0.1, 0.15) is 0 Å². The molecule has 0 aliphatic rings. The number of rotatable bonds is 4. The number of hydrogen-bond donors (Lipinski definition) is 0. The van der Waals surface area contributed by atoms with Crippen LogP contribution in [0.5, 0.6) is 0 Å². The van der Waals surface area contributed by atoms with Crippen molar-refractivity contribution >= 4 is 17.6 Å². The SMILES string of the molecule is COC(=O)c1nnn(Cc2cccc(Cl)c2)c1C(C)C. The van der Waals surface area contributed by atoms with E-state index < -0.39 is 5.97 Å². The maximum absolute atomic E-state index is 11.7. The molecule has 2 rings (SSSR count). The highest BCUT2D eigenvalue weighted by molar-refractivity contribution is 6.30. The minimum Gasteiger partial charge on any atom is -0.464 e. The van der Waals surface area contributed by atoms with Crippen LogP contribution in [-0.2, 0) is 11.3 Å². The Bertz CT molecular complexity index is 623. The number of carbonyl (C=O) groups is 1. The Labute approximate surface area is 122 Å². The average Bonchev–Trinajstić information content (AvgIpc) is 2.81. The lowest BCUT2D eigenvalue weighted by molar-refractivity contribution is 0.0592. The van der Waals surface area contributed by atoms with Gasteiger partial charge in [0, 0.05) is 5.02 Å². The molecule has 0 spiro atoms. The molecule has 5 nitrogen and oxygen atoms in total. The van der Waals surface area contributed by atoms with Crippen molar-refractivity contribution in [3.63, 3.8) is 0 Å². The molecule has 106 valence electrons. The number of methoxy groups -OCH3 is 1. The van der Waals surface area contributed by atoms with Gasteiger partial charge in [-0.1, -0.05) is 42.8 Å². The van der Waals surface area contributed by atoms with E-state index in [2.05, 4.69) is 10.3 Å². The summed E-state index contributed by atoms with van der Waals surface area (Å²) in [6.45, 7) is 4.48. The molecule has 1 aromatic carbocycles. The predicted octanol–water partition coefficient (Wildman–Crippen LogP) is 2.89. The van der Waals surface area contributed by atoms with E-state index in [-0.39, 0.29) is 11.6 Å². The summed E-state index contributed by atoms with van der Waals surface area (Å²) >= 11 is 5.97. The first-order valence-electron chi connectivity index (χ1n) is 6.29. The second-order valence-corrected chi connectivity index (χ2v) is 5.19. The van der Waals surface area contributed by atoms with Gasteiger partial charge in [-0.2, -0.15) is 0 Å². The van der Waals surface area contributed by atoms with Crippen LogP contribution >= 0.6 is 11.6 Å². The third kappa shape index (κ3) is 2.99. The summed E-state index contributed by atoms with van der Waals surface area (Å²) in [6.07, 6.45) is 0. The minimum atomic E-state index is -0.467. The highest BCUT2D eigenvalue weighted by Gasteiger charge is 2.22. The smallest absolute Gasteiger partial charge is 0.360 e. The lowest BCUT2D eigenvalue weighted by Gasteiger charge is -2.10. The van der Waals surface area contributed by atoms with E-state index in [1.54, 1.807) is 4.68 Å². The monoisotopic (exact) mass is 293 g/mol. The first kappa shape index (κ1) is 14.5. The maximum atomic E-state index is 11.7. The second kappa shape index (κ2) is 6.05. The molecule has 0 atom stereocenters. The molecule has 0 N–H and O–H groups in total. The Morgan fingerprint density at radius 3 is 2.80 bits per heavy atom. The number of hydrogen-bond acceptors (Lipinski definition) is 4. The Kier molecular flexibility index (Phi) is 4.39. The number of carbonyl (C=O) groups excluding carboxylic acids is 1. The van der Waals surface area contributed by atoms with E-state index in [4.69, 9.17) is 16.3 Å². The van der Waals surface area contributed by atoms with Gasteiger partial charge in [0.15, 0.2) is 5.69 Å². The summed E-state index contributed by atoms with van der Waals surface area (Å²) < 4.78 is 6.44. The largest absolute Gasteiger partial charge is 0.464 e. The van der Waals surface area contributed by atoms with Crippen LogP contribution in [0, 0.1) is 0 Å². The molecule has 0 fully saturated rings. The summed E-state index contributed by atoms with van der Waals surface area (Å²) in [4.78, 5) is 11.7. The van der Waals surface area contributed by atoms with Gasteiger partial charge in [-0.15, -0.1) is 5.10 Å². The minimum absolute atomic E-state index is 0.110. The van der Waals surface area contributed by atoms with Crippen LogP contribution in [0.4, 0.5) is 0 Å². The fourth-order valence-electron chi connectivity index (χ4n) is 2.06. The molecular weight excluding hydrogens is 278 g/mol.